The zero-order chi connectivity index (χ0) is 13.1. The van der Waals surface area contributed by atoms with Gasteiger partial charge in [-0.05, 0) is 18.1 Å². The summed E-state index contributed by atoms with van der Waals surface area (Å²) in [6.07, 6.45) is -3.55. The van der Waals surface area contributed by atoms with E-state index in [-0.39, 0.29) is 11.5 Å². The minimum Gasteiger partial charge on any atom is -0.352 e. The number of rotatable bonds is 3. The molecule has 1 aromatic heterocycles. The molecule has 17 heavy (non-hydrogen) atoms. The molecule has 0 atom stereocenters. The molecule has 0 bridgehead atoms. The minimum absolute atomic E-state index is 0.124. The average molecular weight is 246 g/mol. The Balaban J connectivity index is 2.71. The molecule has 1 N–H and O–H groups in total. The fourth-order valence-corrected chi connectivity index (χ4v) is 1.09. The van der Waals surface area contributed by atoms with Crippen molar-refractivity contribution in [3.05, 3.63) is 29.6 Å². The summed E-state index contributed by atoms with van der Waals surface area (Å²) in [6, 6.07) is 1.91. The Labute approximate surface area is 97.0 Å². The first-order valence-electron chi connectivity index (χ1n) is 5.12. The fourth-order valence-electron chi connectivity index (χ4n) is 1.09. The van der Waals surface area contributed by atoms with Crippen LogP contribution in [0.3, 0.4) is 0 Å². The van der Waals surface area contributed by atoms with Gasteiger partial charge in [-0.1, -0.05) is 13.8 Å². The molecule has 0 aliphatic heterocycles. The van der Waals surface area contributed by atoms with E-state index in [1.807, 2.05) is 13.8 Å². The number of carbonyl (C=O) groups excluding carboxylic acids is 1. The monoisotopic (exact) mass is 246 g/mol. The molecular formula is C11H13F3N2O. The van der Waals surface area contributed by atoms with Crippen molar-refractivity contribution in [1.82, 2.24) is 10.3 Å². The molecule has 0 unspecified atom stereocenters. The van der Waals surface area contributed by atoms with Crippen molar-refractivity contribution in [2.75, 3.05) is 6.54 Å². The van der Waals surface area contributed by atoms with Crippen LogP contribution in [0.25, 0.3) is 0 Å². The van der Waals surface area contributed by atoms with E-state index in [1.165, 1.54) is 0 Å². The molecule has 0 saturated heterocycles. The largest absolute Gasteiger partial charge is 0.433 e. The molecule has 0 saturated carbocycles. The highest BCUT2D eigenvalue weighted by molar-refractivity contribution is 5.93. The summed E-state index contributed by atoms with van der Waals surface area (Å²) in [5, 5.41) is 2.60. The molecule has 0 aliphatic carbocycles. The van der Waals surface area contributed by atoms with Gasteiger partial charge in [0.05, 0.1) is 5.56 Å². The summed E-state index contributed by atoms with van der Waals surface area (Å²) in [6.45, 7) is 4.32. The second-order valence-corrected chi connectivity index (χ2v) is 4.03. The number of nitrogens with zero attached hydrogens (tertiary/aromatic N) is 1. The van der Waals surface area contributed by atoms with Crippen LogP contribution in [0.5, 0.6) is 0 Å². The van der Waals surface area contributed by atoms with Gasteiger partial charge in [0.2, 0.25) is 0 Å². The Hall–Kier alpha value is -1.59. The Morgan fingerprint density at radius 2 is 2.06 bits per heavy atom. The lowest BCUT2D eigenvalue weighted by Crippen LogP contribution is -2.27. The number of nitrogens with one attached hydrogen (secondary N) is 1. The van der Waals surface area contributed by atoms with Crippen molar-refractivity contribution < 1.29 is 18.0 Å². The number of pyridine rings is 1. The van der Waals surface area contributed by atoms with E-state index in [2.05, 4.69) is 10.3 Å². The van der Waals surface area contributed by atoms with E-state index < -0.39 is 17.8 Å². The van der Waals surface area contributed by atoms with Crippen LogP contribution in [0.1, 0.15) is 29.9 Å². The first-order chi connectivity index (χ1) is 7.80. The SMILES string of the molecule is CC(C)CNC(=O)c1ccc(C(F)(F)F)nc1. The van der Waals surface area contributed by atoms with E-state index in [0.717, 1.165) is 18.3 Å². The molecule has 1 heterocycles. The highest BCUT2D eigenvalue weighted by atomic mass is 19.4. The molecule has 3 nitrogen and oxygen atoms in total. The molecule has 1 amide bonds. The summed E-state index contributed by atoms with van der Waals surface area (Å²) >= 11 is 0. The van der Waals surface area contributed by atoms with Gasteiger partial charge in [-0.3, -0.25) is 9.78 Å². The molecule has 0 spiro atoms. The zero-order valence-electron chi connectivity index (χ0n) is 9.51. The van der Waals surface area contributed by atoms with Crippen LogP contribution in [0, 0.1) is 5.92 Å². The number of aromatic nitrogens is 1. The van der Waals surface area contributed by atoms with Crippen LogP contribution in [-0.4, -0.2) is 17.4 Å². The first-order valence-corrected chi connectivity index (χ1v) is 5.12. The van der Waals surface area contributed by atoms with Crippen molar-refractivity contribution in [2.45, 2.75) is 20.0 Å². The molecular weight excluding hydrogens is 233 g/mol. The van der Waals surface area contributed by atoms with Gasteiger partial charge in [0.1, 0.15) is 5.69 Å². The third-order valence-electron chi connectivity index (χ3n) is 1.99. The van der Waals surface area contributed by atoms with Gasteiger partial charge in [-0.15, -0.1) is 0 Å². The summed E-state index contributed by atoms with van der Waals surface area (Å²) in [7, 11) is 0. The van der Waals surface area contributed by atoms with Crippen LogP contribution < -0.4 is 5.32 Å². The first kappa shape index (κ1) is 13.5. The quantitative estimate of drug-likeness (QED) is 0.890. The predicted molar refractivity (Wildman–Crippen MR) is 56.4 cm³/mol. The van der Waals surface area contributed by atoms with Gasteiger partial charge in [0.15, 0.2) is 0 Å². The van der Waals surface area contributed by atoms with Crippen molar-refractivity contribution in [2.24, 2.45) is 5.92 Å². The number of hydrogen-bond acceptors (Lipinski definition) is 2. The highest BCUT2D eigenvalue weighted by Gasteiger charge is 2.32. The lowest BCUT2D eigenvalue weighted by atomic mass is 10.2. The second-order valence-electron chi connectivity index (χ2n) is 4.03. The molecule has 1 aromatic rings. The maximum atomic E-state index is 12.2. The van der Waals surface area contributed by atoms with E-state index >= 15 is 0 Å². The summed E-state index contributed by atoms with van der Waals surface area (Å²) in [4.78, 5) is 14.7. The van der Waals surface area contributed by atoms with Gasteiger partial charge in [0.25, 0.3) is 5.91 Å². The average Bonchev–Trinajstić information content (AvgIpc) is 2.25. The summed E-state index contributed by atoms with van der Waals surface area (Å²) < 4.78 is 36.6. The Morgan fingerprint density at radius 1 is 1.41 bits per heavy atom. The normalized spacial score (nSPS) is 11.6. The predicted octanol–water partition coefficient (Wildman–Crippen LogP) is 2.49. The van der Waals surface area contributed by atoms with E-state index in [0.29, 0.717) is 6.54 Å². The molecule has 6 heteroatoms. The molecule has 94 valence electrons. The lowest BCUT2D eigenvalue weighted by Gasteiger charge is -2.08. The molecule has 0 fully saturated rings. The summed E-state index contributed by atoms with van der Waals surface area (Å²) in [5.74, 6) is -0.138. The van der Waals surface area contributed by atoms with Crippen LogP contribution in [-0.2, 0) is 6.18 Å². The standard InChI is InChI=1S/C11H13F3N2O/c1-7(2)5-16-10(17)8-3-4-9(15-6-8)11(12,13)14/h3-4,6-7H,5H2,1-2H3,(H,16,17). The highest BCUT2D eigenvalue weighted by Crippen LogP contribution is 2.27. The van der Waals surface area contributed by atoms with Gasteiger partial charge >= 0.3 is 6.18 Å². The number of halogens is 3. The smallest absolute Gasteiger partial charge is 0.352 e. The maximum Gasteiger partial charge on any atom is 0.433 e. The van der Waals surface area contributed by atoms with E-state index in [1.54, 1.807) is 0 Å². The molecule has 0 radical (unpaired) electrons. The number of hydrogen-bond donors (Lipinski definition) is 1. The van der Waals surface area contributed by atoms with Gasteiger partial charge < -0.3 is 5.32 Å². The Kier molecular flexibility index (Phi) is 4.09. The number of carbonyl (C=O) groups is 1. The van der Waals surface area contributed by atoms with E-state index in [4.69, 9.17) is 0 Å². The lowest BCUT2D eigenvalue weighted by molar-refractivity contribution is -0.141. The third-order valence-corrected chi connectivity index (χ3v) is 1.99. The van der Waals surface area contributed by atoms with Crippen LogP contribution >= 0.6 is 0 Å². The van der Waals surface area contributed by atoms with Crippen molar-refractivity contribution in [1.29, 1.82) is 0 Å². The molecule has 0 aliphatic rings. The zero-order valence-corrected chi connectivity index (χ0v) is 9.51. The molecule has 0 aromatic carbocycles. The van der Waals surface area contributed by atoms with Crippen LogP contribution in [0.2, 0.25) is 0 Å². The Morgan fingerprint density at radius 3 is 2.47 bits per heavy atom. The van der Waals surface area contributed by atoms with E-state index in [9.17, 15) is 18.0 Å². The maximum absolute atomic E-state index is 12.2. The Bertz CT molecular complexity index is 385. The van der Waals surface area contributed by atoms with Crippen molar-refractivity contribution >= 4 is 5.91 Å². The van der Waals surface area contributed by atoms with Gasteiger partial charge in [-0.25, -0.2) is 0 Å². The fraction of sp³-hybridized carbons (Fsp3) is 0.455. The summed E-state index contributed by atoms with van der Waals surface area (Å²) in [5.41, 5.74) is -0.878. The number of alkyl halides is 3. The molecule has 1 rings (SSSR count). The topological polar surface area (TPSA) is 42.0 Å². The van der Waals surface area contributed by atoms with Crippen LogP contribution in [0.4, 0.5) is 13.2 Å². The van der Waals surface area contributed by atoms with Crippen molar-refractivity contribution in [3.8, 4) is 0 Å². The van der Waals surface area contributed by atoms with Crippen molar-refractivity contribution in [3.63, 3.8) is 0 Å². The third kappa shape index (κ3) is 4.05. The van der Waals surface area contributed by atoms with Crippen LogP contribution in [0.15, 0.2) is 18.3 Å². The second kappa shape index (κ2) is 5.16. The number of amides is 1. The van der Waals surface area contributed by atoms with Gasteiger partial charge in [-0.2, -0.15) is 13.2 Å². The minimum atomic E-state index is -4.48. The van der Waals surface area contributed by atoms with Gasteiger partial charge in [0, 0.05) is 12.7 Å².